The third-order valence-corrected chi connectivity index (χ3v) is 7.73. The monoisotopic (exact) mass is 467 g/mol. The van der Waals surface area contributed by atoms with Gasteiger partial charge >= 0.3 is 0 Å². The highest BCUT2D eigenvalue weighted by molar-refractivity contribution is 7.92. The van der Waals surface area contributed by atoms with Gasteiger partial charge < -0.3 is 10.2 Å². The molecule has 0 saturated carbocycles. The number of anilines is 2. The number of carbonyl (C=O) groups excluding carboxylic acids is 2. The standard InChI is InChI=1S/C25H29N3O4S/c29-24-11-4-5-15-28(24)23-10-6-9-22(19-23)26-25(30)21-12-16-27(17-13-21)33(31,32)18-14-20-7-2-1-3-8-20/h1-3,6-10,14,18-19,21H,4-5,11-13,15-17H2,(H,26,30)/b18-14+. The van der Waals surface area contributed by atoms with Crippen molar-refractivity contribution in [3.63, 3.8) is 0 Å². The van der Waals surface area contributed by atoms with Crippen LogP contribution >= 0.6 is 0 Å². The second kappa shape index (κ2) is 10.3. The Morgan fingerprint density at radius 2 is 1.73 bits per heavy atom. The summed E-state index contributed by atoms with van der Waals surface area (Å²) in [6.07, 6.45) is 4.97. The maximum absolute atomic E-state index is 12.8. The fourth-order valence-corrected chi connectivity index (χ4v) is 5.48. The van der Waals surface area contributed by atoms with Crippen LogP contribution in [0.3, 0.4) is 0 Å². The molecule has 0 aromatic heterocycles. The van der Waals surface area contributed by atoms with Crippen LogP contribution in [0.25, 0.3) is 6.08 Å². The fourth-order valence-electron chi connectivity index (χ4n) is 4.26. The largest absolute Gasteiger partial charge is 0.326 e. The number of sulfonamides is 1. The summed E-state index contributed by atoms with van der Waals surface area (Å²) in [5.41, 5.74) is 2.27. The molecule has 174 valence electrons. The van der Waals surface area contributed by atoms with Crippen LogP contribution in [0.2, 0.25) is 0 Å². The van der Waals surface area contributed by atoms with E-state index in [2.05, 4.69) is 5.32 Å². The van der Waals surface area contributed by atoms with Crippen LogP contribution in [0.1, 0.15) is 37.7 Å². The molecule has 2 heterocycles. The molecule has 0 spiro atoms. The first-order valence-electron chi connectivity index (χ1n) is 11.4. The van der Waals surface area contributed by atoms with Gasteiger partial charge in [0.05, 0.1) is 0 Å². The molecule has 0 atom stereocenters. The number of benzene rings is 2. The van der Waals surface area contributed by atoms with Crippen LogP contribution in [0.4, 0.5) is 11.4 Å². The molecule has 7 nitrogen and oxygen atoms in total. The van der Waals surface area contributed by atoms with Gasteiger partial charge in [-0.1, -0.05) is 36.4 Å². The molecule has 2 aliphatic heterocycles. The quantitative estimate of drug-likeness (QED) is 0.699. The number of rotatable bonds is 6. The molecule has 0 aliphatic carbocycles. The van der Waals surface area contributed by atoms with Crippen molar-refractivity contribution in [1.29, 1.82) is 0 Å². The first-order valence-corrected chi connectivity index (χ1v) is 12.9. The molecular weight excluding hydrogens is 438 g/mol. The summed E-state index contributed by atoms with van der Waals surface area (Å²) in [7, 11) is -3.53. The van der Waals surface area contributed by atoms with Gasteiger partial charge in [-0.3, -0.25) is 9.59 Å². The van der Waals surface area contributed by atoms with Gasteiger partial charge in [-0.2, -0.15) is 4.31 Å². The Labute approximate surface area is 195 Å². The van der Waals surface area contributed by atoms with E-state index in [1.54, 1.807) is 11.0 Å². The molecule has 2 amide bonds. The van der Waals surface area contributed by atoms with Crippen molar-refractivity contribution in [2.24, 2.45) is 5.92 Å². The predicted molar refractivity (Wildman–Crippen MR) is 130 cm³/mol. The Bertz CT molecular complexity index is 1120. The molecule has 1 N–H and O–H groups in total. The number of hydrogen-bond donors (Lipinski definition) is 1. The van der Waals surface area contributed by atoms with Crippen LogP contribution in [-0.4, -0.2) is 44.2 Å². The smallest absolute Gasteiger partial charge is 0.236 e. The van der Waals surface area contributed by atoms with Gasteiger partial charge in [0.25, 0.3) is 0 Å². The lowest BCUT2D eigenvalue weighted by Gasteiger charge is -2.30. The molecule has 2 saturated heterocycles. The molecule has 2 aromatic carbocycles. The van der Waals surface area contributed by atoms with Gasteiger partial charge in [0.15, 0.2) is 0 Å². The molecule has 2 aliphatic rings. The Balaban J connectivity index is 1.33. The average Bonchev–Trinajstić information content (AvgIpc) is 2.84. The van der Waals surface area contributed by atoms with Crippen molar-refractivity contribution < 1.29 is 18.0 Å². The van der Waals surface area contributed by atoms with Crippen LogP contribution < -0.4 is 10.2 Å². The first-order chi connectivity index (χ1) is 15.9. The van der Waals surface area contributed by atoms with Crippen LogP contribution in [0.5, 0.6) is 0 Å². The van der Waals surface area contributed by atoms with E-state index in [-0.39, 0.29) is 17.7 Å². The van der Waals surface area contributed by atoms with E-state index in [0.717, 1.165) is 24.1 Å². The minimum Gasteiger partial charge on any atom is -0.326 e. The van der Waals surface area contributed by atoms with Crippen molar-refractivity contribution in [1.82, 2.24) is 4.31 Å². The molecule has 0 unspecified atom stereocenters. The van der Waals surface area contributed by atoms with E-state index in [4.69, 9.17) is 0 Å². The van der Waals surface area contributed by atoms with Crippen molar-refractivity contribution >= 4 is 39.3 Å². The average molecular weight is 468 g/mol. The summed E-state index contributed by atoms with van der Waals surface area (Å²) in [5.74, 6) is -0.261. The number of amides is 2. The lowest BCUT2D eigenvalue weighted by atomic mass is 9.97. The summed E-state index contributed by atoms with van der Waals surface area (Å²) in [6, 6.07) is 16.6. The number of piperidine rings is 2. The minimum atomic E-state index is -3.53. The SMILES string of the molecule is O=C(Nc1cccc(N2CCCCC2=O)c1)C1CCN(S(=O)(=O)/C=C/c2ccccc2)CC1. The van der Waals surface area contributed by atoms with Crippen molar-refractivity contribution in [3.05, 3.63) is 65.6 Å². The molecular formula is C25H29N3O4S. The molecule has 0 bridgehead atoms. The molecule has 8 heteroatoms. The van der Waals surface area contributed by atoms with E-state index in [9.17, 15) is 18.0 Å². The molecule has 0 radical (unpaired) electrons. The van der Waals surface area contributed by atoms with Gasteiger partial charge in [-0.25, -0.2) is 8.42 Å². The minimum absolute atomic E-state index is 0.111. The number of nitrogens with one attached hydrogen (secondary N) is 1. The van der Waals surface area contributed by atoms with Gasteiger partial charge in [0.2, 0.25) is 21.8 Å². The Morgan fingerprint density at radius 3 is 2.45 bits per heavy atom. The first kappa shape index (κ1) is 23.2. The fraction of sp³-hybridized carbons (Fsp3) is 0.360. The highest BCUT2D eigenvalue weighted by Gasteiger charge is 2.30. The Kier molecular flexibility index (Phi) is 7.25. The topological polar surface area (TPSA) is 86.8 Å². The van der Waals surface area contributed by atoms with E-state index in [1.165, 1.54) is 9.71 Å². The zero-order valence-corrected chi connectivity index (χ0v) is 19.3. The van der Waals surface area contributed by atoms with Crippen LogP contribution in [0, 0.1) is 5.92 Å². The predicted octanol–water partition coefficient (Wildman–Crippen LogP) is 3.85. The number of carbonyl (C=O) groups is 2. The number of nitrogens with zero attached hydrogens (tertiary/aromatic N) is 2. The molecule has 33 heavy (non-hydrogen) atoms. The Hall–Kier alpha value is -2.97. The van der Waals surface area contributed by atoms with Crippen LogP contribution in [-0.2, 0) is 19.6 Å². The van der Waals surface area contributed by atoms with Gasteiger partial charge in [-0.05, 0) is 55.5 Å². The van der Waals surface area contributed by atoms with Crippen molar-refractivity contribution in [2.45, 2.75) is 32.1 Å². The lowest BCUT2D eigenvalue weighted by molar-refractivity contribution is -0.121. The zero-order valence-electron chi connectivity index (χ0n) is 18.5. The second-order valence-electron chi connectivity index (χ2n) is 8.47. The maximum Gasteiger partial charge on any atom is 0.236 e. The van der Waals surface area contributed by atoms with E-state index >= 15 is 0 Å². The van der Waals surface area contributed by atoms with Crippen molar-refractivity contribution in [2.75, 3.05) is 29.9 Å². The molecule has 2 aromatic rings. The number of hydrogen-bond acceptors (Lipinski definition) is 4. The normalized spacial score (nSPS) is 18.5. The summed E-state index contributed by atoms with van der Waals surface area (Å²) in [5, 5.41) is 4.18. The maximum atomic E-state index is 12.8. The molecule has 4 rings (SSSR count). The van der Waals surface area contributed by atoms with Gasteiger partial charge in [-0.15, -0.1) is 0 Å². The highest BCUT2D eigenvalue weighted by atomic mass is 32.2. The summed E-state index contributed by atoms with van der Waals surface area (Å²) in [4.78, 5) is 26.8. The van der Waals surface area contributed by atoms with Crippen molar-refractivity contribution in [3.8, 4) is 0 Å². The van der Waals surface area contributed by atoms with E-state index in [1.807, 2.05) is 54.6 Å². The third kappa shape index (κ3) is 5.89. The second-order valence-corrected chi connectivity index (χ2v) is 10.3. The summed E-state index contributed by atoms with van der Waals surface area (Å²) >= 11 is 0. The summed E-state index contributed by atoms with van der Waals surface area (Å²) < 4.78 is 26.7. The summed E-state index contributed by atoms with van der Waals surface area (Å²) in [6.45, 7) is 1.31. The van der Waals surface area contributed by atoms with Crippen LogP contribution in [0.15, 0.2) is 60.0 Å². The third-order valence-electron chi connectivity index (χ3n) is 6.17. The van der Waals surface area contributed by atoms with E-state index in [0.29, 0.717) is 44.6 Å². The molecule has 2 fully saturated rings. The lowest BCUT2D eigenvalue weighted by Crippen LogP contribution is -2.40. The Morgan fingerprint density at radius 1 is 0.970 bits per heavy atom. The van der Waals surface area contributed by atoms with E-state index < -0.39 is 10.0 Å². The van der Waals surface area contributed by atoms with Gasteiger partial charge in [0, 0.05) is 48.8 Å². The highest BCUT2D eigenvalue weighted by Crippen LogP contribution is 2.26. The zero-order chi connectivity index (χ0) is 23.3. The van der Waals surface area contributed by atoms with Gasteiger partial charge in [0.1, 0.15) is 0 Å².